The Bertz CT molecular complexity index is 771. The Morgan fingerprint density at radius 1 is 1.20 bits per heavy atom. The first-order valence-corrected chi connectivity index (χ1v) is 8.00. The van der Waals surface area contributed by atoms with Gasteiger partial charge in [-0.1, -0.05) is 24.3 Å². The van der Waals surface area contributed by atoms with E-state index in [0.29, 0.717) is 17.9 Å². The number of rotatable bonds is 5. The van der Waals surface area contributed by atoms with E-state index >= 15 is 0 Å². The number of fused-ring (bicyclic) bond motifs is 1. The highest BCUT2D eigenvalue weighted by Gasteiger charge is 2.27. The molecule has 0 fully saturated rings. The maximum atomic E-state index is 12.2. The van der Waals surface area contributed by atoms with Gasteiger partial charge in [-0.3, -0.25) is 4.79 Å². The minimum Gasteiger partial charge on any atom is -0.497 e. The van der Waals surface area contributed by atoms with Crippen LogP contribution in [-0.4, -0.2) is 31.4 Å². The summed E-state index contributed by atoms with van der Waals surface area (Å²) in [6, 6.07) is 15.0. The van der Waals surface area contributed by atoms with Gasteiger partial charge in [-0.2, -0.15) is 5.10 Å². The topological polar surface area (TPSA) is 69.2 Å². The Morgan fingerprint density at radius 2 is 1.92 bits per heavy atom. The van der Waals surface area contributed by atoms with E-state index in [1.807, 2.05) is 43.3 Å². The molecule has 0 unspecified atom stereocenters. The van der Waals surface area contributed by atoms with E-state index in [-0.39, 0.29) is 12.5 Å². The number of nitrogens with zero attached hydrogens (tertiary/aromatic N) is 1. The summed E-state index contributed by atoms with van der Waals surface area (Å²) in [5, 5.41) is 4.14. The highest BCUT2D eigenvalue weighted by molar-refractivity contribution is 5.87. The lowest BCUT2D eigenvalue weighted by Gasteiger charge is -2.24. The third-order valence-corrected chi connectivity index (χ3v) is 3.78. The van der Waals surface area contributed by atoms with E-state index in [9.17, 15) is 4.79 Å². The van der Waals surface area contributed by atoms with Gasteiger partial charge in [0.25, 0.3) is 5.91 Å². The SMILES string of the molecule is COc1ccc(C/C(C)=N\NC(=O)[C@H]2COc3ccccc3O2)cc1. The Hall–Kier alpha value is -3.02. The van der Waals surface area contributed by atoms with Gasteiger partial charge in [0.05, 0.1) is 7.11 Å². The quantitative estimate of drug-likeness (QED) is 0.671. The van der Waals surface area contributed by atoms with Crippen LogP contribution in [0.4, 0.5) is 0 Å². The van der Waals surface area contributed by atoms with E-state index in [1.165, 1.54) is 0 Å². The second kappa shape index (κ2) is 7.70. The Kier molecular flexibility index (Phi) is 5.18. The molecule has 1 N–H and O–H groups in total. The number of para-hydroxylation sites is 2. The molecule has 1 aliphatic heterocycles. The van der Waals surface area contributed by atoms with Crippen molar-refractivity contribution in [3.8, 4) is 17.2 Å². The van der Waals surface area contributed by atoms with Crippen LogP contribution in [-0.2, 0) is 11.2 Å². The number of benzene rings is 2. The first-order chi connectivity index (χ1) is 12.2. The molecule has 0 saturated carbocycles. The number of nitrogens with one attached hydrogen (secondary N) is 1. The molecule has 0 saturated heterocycles. The molecule has 6 nitrogen and oxygen atoms in total. The lowest BCUT2D eigenvalue weighted by Crippen LogP contribution is -2.42. The van der Waals surface area contributed by atoms with Crippen molar-refractivity contribution in [1.29, 1.82) is 0 Å². The Morgan fingerprint density at radius 3 is 2.64 bits per heavy atom. The molecule has 0 aromatic heterocycles. The zero-order chi connectivity index (χ0) is 17.6. The molecule has 1 amide bonds. The number of hydrogen-bond donors (Lipinski definition) is 1. The summed E-state index contributed by atoms with van der Waals surface area (Å²) in [5.41, 5.74) is 4.42. The van der Waals surface area contributed by atoms with Crippen molar-refractivity contribution in [2.45, 2.75) is 19.4 Å². The van der Waals surface area contributed by atoms with Crippen molar-refractivity contribution >= 4 is 11.6 Å². The van der Waals surface area contributed by atoms with Gasteiger partial charge in [0.1, 0.15) is 12.4 Å². The first kappa shape index (κ1) is 16.8. The first-order valence-electron chi connectivity index (χ1n) is 8.00. The standard InChI is InChI=1S/C19H20N2O4/c1-13(11-14-7-9-15(23-2)10-8-14)20-21-19(22)18-12-24-16-5-3-4-6-17(16)25-18/h3-10,18H,11-12H2,1-2H3,(H,21,22)/b20-13-/t18-/m1/s1. The second-order valence-corrected chi connectivity index (χ2v) is 5.71. The number of hydrogen-bond acceptors (Lipinski definition) is 5. The number of carbonyl (C=O) groups is 1. The molecule has 2 aromatic rings. The highest BCUT2D eigenvalue weighted by atomic mass is 16.6. The smallest absolute Gasteiger partial charge is 0.284 e. The van der Waals surface area contributed by atoms with Gasteiger partial charge >= 0.3 is 0 Å². The van der Waals surface area contributed by atoms with Crippen molar-refractivity contribution in [1.82, 2.24) is 5.43 Å². The van der Waals surface area contributed by atoms with Gasteiger partial charge in [-0.15, -0.1) is 0 Å². The highest BCUT2D eigenvalue weighted by Crippen LogP contribution is 2.30. The van der Waals surface area contributed by atoms with Gasteiger partial charge in [-0.05, 0) is 36.8 Å². The molecule has 0 spiro atoms. The molecule has 6 heteroatoms. The molecule has 1 aliphatic rings. The summed E-state index contributed by atoms with van der Waals surface area (Å²) >= 11 is 0. The van der Waals surface area contributed by atoms with Gasteiger partial charge in [0, 0.05) is 12.1 Å². The predicted octanol–water partition coefficient (Wildman–Crippen LogP) is 2.57. The summed E-state index contributed by atoms with van der Waals surface area (Å²) in [7, 11) is 1.63. The molecule has 130 valence electrons. The molecular weight excluding hydrogens is 320 g/mol. The summed E-state index contributed by atoms with van der Waals surface area (Å²) in [6.45, 7) is 2.02. The summed E-state index contributed by atoms with van der Waals surface area (Å²) in [6.07, 6.45) is -0.0813. The molecule has 1 atom stereocenters. The van der Waals surface area contributed by atoms with E-state index in [0.717, 1.165) is 17.0 Å². The average molecular weight is 340 g/mol. The van der Waals surface area contributed by atoms with Crippen molar-refractivity contribution in [2.24, 2.45) is 5.10 Å². The molecule has 3 rings (SSSR count). The number of hydrazone groups is 1. The van der Waals surface area contributed by atoms with E-state index in [2.05, 4.69) is 10.5 Å². The van der Waals surface area contributed by atoms with Crippen LogP contribution in [0.3, 0.4) is 0 Å². The number of ether oxygens (including phenoxy) is 3. The fourth-order valence-electron chi connectivity index (χ4n) is 2.45. The van der Waals surface area contributed by atoms with Crippen LogP contribution in [0, 0.1) is 0 Å². The van der Waals surface area contributed by atoms with Gasteiger partial charge in [0.2, 0.25) is 6.10 Å². The fraction of sp³-hybridized carbons (Fsp3) is 0.263. The maximum absolute atomic E-state index is 12.2. The average Bonchev–Trinajstić information content (AvgIpc) is 2.66. The van der Waals surface area contributed by atoms with Gasteiger partial charge in [0.15, 0.2) is 11.5 Å². The Balaban J connectivity index is 1.55. The van der Waals surface area contributed by atoms with Crippen molar-refractivity contribution in [3.63, 3.8) is 0 Å². The lowest BCUT2D eigenvalue weighted by atomic mass is 10.1. The molecule has 2 aromatic carbocycles. The minimum atomic E-state index is -0.715. The van der Waals surface area contributed by atoms with Crippen LogP contribution in [0.15, 0.2) is 53.6 Å². The maximum Gasteiger partial charge on any atom is 0.284 e. The van der Waals surface area contributed by atoms with Crippen LogP contribution in [0.2, 0.25) is 0 Å². The minimum absolute atomic E-state index is 0.163. The summed E-state index contributed by atoms with van der Waals surface area (Å²) < 4.78 is 16.3. The second-order valence-electron chi connectivity index (χ2n) is 5.71. The normalized spacial score (nSPS) is 16.2. The van der Waals surface area contributed by atoms with E-state index < -0.39 is 6.10 Å². The molecule has 0 bridgehead atoms. The third-order valence-electron chi connectivity index (χ3n) is 3.78. The van der Waals surface area contributed by atoms with Crippen molar-refractivity contribution < 1.29 is 19.0 Å². The van der Waals surface area contributed by atoms with Crippen molar-refractivity contribution in [2.75, 3.05) is 13.7 Å². The zero-order valence-corrected chi connectivity index (χ0v) is 14.2. The van der Waals surface area contributed by atoms with Crippen LogP contribution < -0.4 is 19.6 Å². The predicted molar refractivity (Wildman–Crippen MR) is 94.3 cm³/mol. The molecule has 0 aliphatic carbocycles. The van der Waals surface area contributed by atoms with Crippen molar-refractivity contribution in [3.05, 3.63) is 54.1 Å². The zero-order valence-electron chi connectivity index (χ0n) is 14.2. The molecular formula is C19H20N2O4. The van der Waals surface area contributed by atoms with Crippen LogP contribution >= 0.6 is 0 Å². The number of methoxy groups -OCH3 is 1. The summed E-state index contributed by atoms with van der Waals surface area (Å²) in [4.78, 5) is 12.2. The molecule has 1 heterocycles. The third kappa shape index (κ3) is 4.29. The van der Waals surface area contributed by atoms with E-state index in [1.54, 1.807) is 19.2 Å². The van der Waals surface area contributed by atoms with Gasteiger partial charge in [-0.25, -0.2) is 5.43 Å². The van der Waals surface area contributed by atoms with Crippen LogP contribution in [0.25, 0.3) is 0 Å². The molecule has 25 heavy (non-hydrogen) atoms. The van der Waals surface area contributed by atoms with Crippen LogP contribution in [0.1, 0.15) is 12.5 Å². The van der Waals surface area contributed by atoms with Crippen LogP contribution in [0.5, 0.6) is 17.2 Å². The fourth-order valence-corrected chi connectivity index (χ4v) is 2.45. The Labute approximate surface area is 146 Å². The molecule has 0 radical (unpaired) electrons. The largest absolute Gasteiger partial charge is 0.497 e. The number of amides is 1. The van der Waals surface area contributed by atoms with E-state index in [4.69, 9.17) is 14.2 Å². The summed E-state index contributed by atoms with van der Waals surface area (Å²) in [5.74, 6) is 1.68. The van der Waals surface area contributed by atoms with Gasteiger partial charge < -0.3 is 14.2 Å². The lowest BCUT2D eigenvalue weighted by molar-refractivity contribution is -0.130. The number of carbonyl (C=O) groups excluding carboxylic acids is 1. The monoisotopic (exact) mass is 340 g/mol.